The van der Waals surface area contributed by atoms with Gasteiger partial charge in [-0.25, -0.2) is 0 Å². The number of nitrogens with one attached hydrogen (secondary N) is 1. The quantitative estimate of drug-likeness (QED) is 0.735. The van der Waals surface area contributed by atoms with Crippen LogP contribution in [0.25, 0.3) is 0 Å². The molecule has 1 aromatic rings. The van der Waals surface area contributed by atoms with Crippen LogP contribution in [0.15, 0.2) is 18.2 Å². The third-order valence-electron chi connectivity index (χ3n) is 2.78. The van der Waals surface area contributed by atoms with Gasteiger partial charge in [0.15, 0.2) is 0 Å². The lowest BCUT2D eigenvalue weighted by Gasteiger charge is -2.19. The van der Waals surface area contributed by atoms with Crippen molar-refractivity contribution in [3.8, 4) is 0 Å². The van der Waals surface area contributed by atoms with Gasteiger partial charge in [-0.3, -0.25) is 4.68 Å². The largest absolute Gasteiger partial charge is 0.308 e. The van der Waals surface area contributed by atoms with Crippen molar-refractivity contribution < 1.29 is 0 Å². The Hall–Kier alpha value is -1.09. The van der Waals surface area contributed by atoms with Crippen LogP contribution in [0.4, 0.5) is 0 Å². The van der Waals surface area contributed by atoms with Crippen LogP contribution in [0.5, 0.6) is 0 Å². The minimum Gasteiger partial charge on any atom is -0.308 e. The Morgan fingerprint density at radius 2 is 2.24 bits per heavy atom. The van der Waals surface area contributed by atoms with Gasteiger partial charge in [-0.1, -0.05) is 12.5 Å². The summed E-state index contributed by atoms with van der Waals surface area (Å²) in [6.07, 6.45) is 2.12. The predicted molar refractivity (Wildman–Crippen MR) is 73.1 cm³/mol. The van der Waals surface area contributed by atoms with E-state index in [0.717, 1.165) is 31.6 Å². The molecular weight excluding hydrogens is 210 g/mol. The highest BCUT2D eigenvalue weighted by molar-refractivity contribution is 5.15. The topological polar surface area (TPSA) is 29.9 Å². The van der Waals surface area contributed by atoms with Crippen LogP contribution in [0, 0.1) is 6.92 Å². The van der Waals surface area contributed by atoms with E-state index in [0.29, 0.717) is 6.04 Å². The lowest BCUT2D eigenvalue weighted by Crippen LogP contribution is -2.25. The van der Waals surface area contributed by atoms with E-state index in [9.17, 15) is 0 Å². The minimum atomic E-state index is 0.341. The first-order chi connectivity index (χ1) is 8.08. The number of hydrogen-bond donors (Lipinski definition) is 1. The second-order valence-electron chi connectivity index (χ2n) is 4.69. The van der Waals surface area contributed by atoms with E-state index in [1.165, 1.54) is 11.3 Å². The van der Waals surface area contributed by atoms with E-state index in [4.69, 9.17) is 0 Å². The van der Waals surface area contributed by atoms with E-state index in [1.54, 1.807) is 0 Å². The van der Waals surface area contributed by atoms with E-state index >= 15 is 0 Å². The fraction of sp³-hybridized carbons (Fsp3) is 0.643. The first kappa shape index (κ1) is 14.0. The molecule has 1 aromatic heterocycles. The van der Waals surface area contributed by atoms with Gasteiger partial charge < -0.3 is 5.32 Å². The van der Waals surface area contributed by atoms with E-state index in [-0.39, 0.29) is 0 Å². The number of nitrogens with zero attached hydrogens (tertiary/aromatic N) is 2. The summed E-state index contributed by atoms with van der Waals surface area (Å²) >= 11 is 0. The molecule has 96 valence electrons. The fourth-order valence-electron chi connectivity index (χ4n) is 2.05. The molecule has 1 unspecified atom stereocenters. The molecule has 1 heterocycles. The lowest BCUT2D eigenvalue weighted by molar-refractivity contribution is 0.477. The highest BCUT2D eigenvalue weighted by atomic mass is 15.3. The first-order valence-electron chi connectivity index (χ1n) is 6.50. The fourth-order valence-corrected chi connectivity index (χ4v) is 2.05. The van der Waals surface area contributed by atoms with Crippen molar-refractivity contribution in [1.82, 2.24) is 15.1 Å². The average molecular weight is 235 g/mol. The number of rotatable bonds is 7. The smallest absolute Gasteiger partial charge is 0.0597 e. The standard InChI is InChI=1S/C14H25N3/c1-6-8-15-13(9-11(3)4)14-10-12(5)16-17(14)7-2/h10,13,15H,3,6-9H2,1-2,4-5H3. The Morgan fingerprint density at radius 1 is 1.53 bits per heavy atom. The van der Waals surface area contributed by atoms with Gasteiger partial charge >= 0.3 is 0 Å². The molecule has 0 aliphatic heterocycles. The highest BCUT2D eigenvalue weighted by Crippen LogP contribution is 2.21. The summed E-state index contributed by atoms with van der Waals surface area (Å²) in [5.41, 5.74) is 3.58. The zero-order valence-corrected chi connectivity index (χ0v) is 11.6. The zero-order valence-electron chi connectivity index (χ0n) is 11.6. The molecule has 0 aromatic carbocycles. The SMILES string of the molecule is C=C(C)CC(NCCC)c1cc(C)nn1CC. The lowest BCUT2D eigenvalue weighted by atomic mass is 10.0. The van der Waals surface area contributed by atoms with Crippen LogP contribution in [0.2, 0.25) is 0 Å². The molecule has 17 heavy (non-hydrogen) atoms. The van der Waals surface area contributed by atoms with Gasteiger partial charge in [0.05, 0.1) is 17.4 Å². The Labute approximate surface area is 105 Å². The molecule has 1 N–H and O–H groups in total. The second kappa shape index (κ2) is 6.60. The molecule has 0 saturated heterocycles. The van der Waals surface area contributed by atoms with Crippen LogP contribution in [-0.4, -0.2) is 16.3 Å². The summed E-state index contributed by atoms with van der Waals surface area (Å²) < 4.78 is 2.09. The zero-order chi connectivity index (χ0) is 12.8. The molecule has 1 atom stereocenters. The van der Waals surface area contributed by atoms with Crippen LogP contribution in [0.3, 0.4) is 0 Å². The summed E-state index contributed by atoms with van der Waals surface area (Å²) in [5, 5.41) is 8.10. The molecule has 0 radical (unpaired) electrons. The van der Waals surface area contributed by atoms with Crippen molar-refractivity contribution in [3.05, 3.63) is 29.6 Å². The maximum absolute atomic E-state index is 4.51. The molecule has 3 heteroatoms. The summed E-state index contributed by atoms with van der Waals surface area (Å²) in [6.45, 7) is 14.4. The molecule has 0 bridgehead atoms. The van der Waals surface area contributed by atoms with Crippen molar-refractivity contribution >= 4 is 0 Å². The van der Waals surface area contributed by atoms with Gasteiger partial charge in [-0.15, -0.1) is 6.58 Å². The molecular formula is C14H25N3. The number of aryl methyl sites for hydroxylation is 2. The Morgan fingerprint density at radius 3 is 2.76 bits per heavy atom. The Bertz CT molecular complexity index is 366. The van der Waals surface area contributed by atoms with E-state index < -0.39 is 0 Å². The van der Waals surface area contributed by atoms with Crippen molar-refractivity contribution in [2.24, 2.45) is 0 Å². The van der Waals surface area contributed by atoms with Gasteiger partial charge in [0, 0.05) is 6.54 Å². The van der Waals surface area contributed by atoms with Crippen molar-refractivity contribution in [3.63, 3.8) is 0 Å². The number of hydrogen-bond acceptors (Lipinski definition) is 2. The molecule has 0 saturated carbocycles. The Kier molecular flexibility index (Phi) is 5.42. The molecule has 0 aliphatic carbocycles. The maximum Gasteiger partial charge on any atom is 0.0597 e. The van der Waals surface area contributed by atoms with Crippen molar-refractivity contribution in [2.75, 3.05) is 6.54 Å². The van der Waals surface area contributed by atoms with Crippen molar-refractivity contribution in [1.29, 1.82) is 0 Å². The summed E-state index contributed by atoms with van der Waals surface area (Å²) in [5.74, 6) is 0. The minimum absolute atomic E-state index is 0.341. The van der Waals surface area contributed by atoms with Crippen LogP contribution >= 0.6 is 0 Å². The number of aromatic nitrogens is 2. The molecule has 1 rings (SSSR count). The first-order valence-corrected chi connectivity index (χ1v) is 6.50. The normalized spacial score (nSPS) is 12.7. The average Bonchev–Trinajstić information content (AvgIpc) is 2.65. The van der Waals surface area contributed by atoms with E-state index in [2.05, 4.69) is 48.5 Å². The van der Waals surface area contributed by atoms with Gasteiger partial charge in [0.25, 0.3) is 0 Å². The molecule has 0 fully saturated rings. The van der Waals surface area contributed by atoms with Crippen LogP contribution in [0.1, 0.15) is 51.0 Å². The molecule has 0 aliphatic rings. The third kappa shape index (κ3) is 4.00. The summed E-state index contributed by atoms with van der Waals surface area (Å²) in [6, 6.07) is 2.52. The second-order valence-corrected chi connectivity index (χ2v) is 4.69. The van der Waals surface area contributed by atoms with Gasteiger partial charge in [0.2, 0.25) is 0 Å². The maximum atomic E-state index is 4.51. The molecule has 0 amide bonds. The third-order valence-corrected chi connectivity index (χ3v) is 2.78. The van der Waals surface area contributed by atoms with Crippen LogP contribution in [-0.2, 0) is 6.54 Å². The van der Waals surface area contributed by atoms with Gasteiger partial charge in [-0.05, 0) is 46.2 Å². The Balaban J connectivity index is 2.89. The summed E-state index contributed by atoms with van der Waals surface area (Å²) in [7, 11) is 0. The monoisotopic (exact) mass is 235 g/mol. The molecule has 0 spiro atoms. The molecule has 3 nitrogen and oxygen atoms in total. The van der Waals surface area contributed by atoms with Crippen LogP contribution < -0.4 is 5.32 Å². The van der Waals surface area contributed by atoms with Gasteiger partial charge in [0.1, 0.15) is 0 Å². The summed E-state index contributed by atoms with van der Waals surface area (Å²) in [4.78, 5) is 0. The van der Waals surface area contributed by atoms with Crippen molar-refractivity contribution in [2.45, 2.75) is 53.1 Å². The predicted octanol–water partition coefficient (Wildman–Crippen LogP) is 3.22. The van der Waals surface area contributed by atoms with Gasteiger partial charge in [-0.2, -0.15) is 5.10 Å². The van der Waals surface area contributed by atoms with E-state index in [1.807, 2.05) is 6.92 Å². The highest BCUT2D eigenvalue weighted by Gasteiger charge is 2.16.